The van der Waals surface area contributed by atoms with Crippen LogP contribution in [0.1, 0.15) is 16.7 Å². The van der Waals surface area contributed by atoms with Gasteiger partial charge in [0.15, 0.2) is 0 Å². The van der Waals surface area contributed by atoms with Crippen LogP contribution in [0.25, 0.3) is 0 Å². The summed E-state index contributed by atoms with van der Waals surface area (Å²) in [7, 11) is 0. The summed E-state index contributed by atoms with van der Waals surface area (Å²) in [4.78, 5) is 3.76. The predicted octanol–water partition coefficient (Wildman–Crippen LogP) is 3.21. The summed E-state index contributed by atoms with van der Waals surface area (Å²) in [5.74, 6) is -0.156. The fourth-order valence-corrected chi connectivity index (χ4v) is 1.95. The van der Waals surface area contributed by atoms with Crippen LogP contribution in [-0.4, -0.2) is 11.5 Å². The molecule has 112 valence electrons. The van der Waals surface area contributed by atoms with Crippen molar-refractivity contribution in [2.24, 2.45) is 5.73 Å². The van der Waals surface area contributed by atoms with Gasteiger partial charge in [-0.2, -0.15) is 13.2 Å². The van der Waals surface area contributed by atoms with Gasteiger partial charge in [-0.05, 0) is 36.2 Å². The maximum Gasteiger partial charge on any atom is 0.419 e. The number of aromatic nitrogens is 1. The highest BCUT2D eigenvalue weighted by Gasteiger charge is 2.33. The first-order valence-electron chi connectivity index (χ1n) is 6.54. The van der Waals surface area contributed by atoms with Gasteiger partial charge in [-0.1, -0.05) is 24.3 Å². The minimum absolute atomic E-state index is 0.156. The Kier molecular flexibility index (Phi) is 4.80. The maximum absolute atomic E-state index is 12.8. The molecule has 0 spiro atoms. The van der Waals surface area contributed by atoms with Crippen LogP contribution in [0, 0.1) is 0 Å². The van der Waals surface area contributed by atoms with Crippen molar-refractivity contribution in [2.75, 3.05) is 11.9 Å². The normalized spacial score (nSPS) is 11.4. The van der Waals surface area contributed by atoms with Gasteiger partial charge in [0.25, 0.3) is 0 Å². The highest BCUT2D eigenvalue weighted by molar-refractivity contribution is 5.46. The molecular weight excluding hydrogens is 279 g/mol. The molecule has 0 bridgehead atoms. The molecule has 0 aliphatic rings. The number of nitrogens with two attached hydrogens (primary N) is 1. The van der Waals surface area contributed by atoms with Gasteiger partial charge in [0.2, 0.25) is 0 Å². The number of nitrogens with zero attached hydrogens (tertiary/aromatic N) is 1. The summed E-state index contributed by atoms with van der Waals surface area (Å²) in [6.45, 7) is 0.851. The Balaban J connectivity index is 2.06. The van der Waals surface area contributed by atoms with Crippen LogP contribution in [0.15, 0.2) is 42.6 Å². The van der Waals surface area contributed by atoms with E-state index in [0.717, 1.165) is 23.6 Å². The summed E-state index contributed by atoms with van der Waals surface area (Å²) in [5, 5.41) is 2.73. The first-order chi connectivity index (χ1) is 10.0. The average molecular weight is 295 g/mol. The Bertz CT molecular complexity index is 579. The number of benzene rings is 1. The van der Waals surface area contributed by atoms with E-state index in [9.17, 15) is 13.2 Å². The Morgan fingerprint density at radius 3 is 2.33 bits per heavy atom. The van der Waals surface area contributed by atoms with E-state index in [0.29, 0.717) is 6.54 Å². The molecule has 2 rings (SSSR count). The Hall–Kier alpha value is -2.08. The summed E-state index contributed by atoms with van der Waals surface area (Å²) < 4.78 is 38.5. The predicted molar refractivity (Wildman–Crippen MR) is 75.8 cm³/mol. The van der Waals surface area contributed by atoms with E-state index in [1.54, 1.807) is 0 Å². The minimum atomic E-state index is -4.42. The van der Waals surface area contributed by atoms with Gasteiger partial charge >= 0.3 is 6.18 Å². The lowest BCUT2D eigenvalue weighted by Gasteiger charge is -2.13. The highest BCUT2D eigenvalue weighted by atomic mass is 19.4. The number of alkyl halides is 3. The largest absolute Gasteiger partial charge is 0.419 e. The van der Waals surface area contributed by atoms with Crippen LogP contribution in [0.2, 0.25) is 0 Å². The van der Waals surface area contributed by atoms with E-state index in [1.165, 1.54) is 12.3 Å². The third kappa shape index (κ3) is 4.19. The van der Waals surface area contributed by atoms with Gasteiger partial charge in [-0.3, -0.25) is 0 Å². The number of nitrogens with one attached hydrogen (secondary N) is 1. The topological polar surface area (TPSA) is 50.9 Å². The second kappa shape index (κ2) is 6.58. The average Bonchev–Trinajstić information content (AvgIpc) is 2.46. The molecular formula is C15H16F3N3. The summed E-state index contributed by atoms with van der Waals surface area (Å²) in [5.41, 5.74) is 6.69. The highest BCUT2D eigenvalue weighted by Crippen LogP contribution is 2.33. The summed E-state index contributed by atoms with van der Waals surface area (Å²) >= 11 is 0. The standard InChI is InChI=1S/C15H16F3N3/c16-15(17,18)13-2-1-9-20-14(13)21-10-12-5-3-11(4-6-12)7-8-19/h1-6,9H,7-8,10,19H2,(H,20,21). The lowest BCUT2D eigenvalue weighted by Crippen LogP contribution is -2.12. The molecule has 0 saturated heterocycles. The molecule has 0 aliphatic carbocycles. The fraction of sp³-hybridized carbons (Fsp3) is 0.267. The zero-order valence-electron chi connectivity index (χ0n) is 11.3. The van der Waals surface area contributed by atoms with Crippen molar-refractivity contribution in [1.29, 1.82) is 0 Å². The van der Waals surface area contributed by atoms with Crippen LogP contribution >= 0.6 is 0 Å². The van der Waals surface area contributed by atoms with Gasteiger partial charge in [0, 0.05) is 12.7 Å². The first kappa shape index (κ1) is 15.3. The molecule has 0 unspecified atom stereocenters. The van der Waals surface area contributed by atoms with Gasteiger partial charge in [0.05, 0.1) is 5.56 Å². The molecule has 0 amide bonds. The van der Waals surface area contributed by atoms with Crippen molar-refractivity contribution < 1.29 is 13.2 Å². The van der Waals surface area contributed by atoms with Crippen molar-refractivity contribution in [2.45, 2.75) is 19.1 Å². The van der Waals surface area contributed by atoms with Gasteiger partial charge in [-0.15, -0.1) is 0 Å². The molecule has 0 aliphatic heterocycles. The summed E-state index contributed by atoms with van der Waals surface area (Å²) in [6.07, 6.45) is -2.30. The van der Waals surface area contributed by atoms with E-state index < -0.39 is 11.7 Å². The summed E-state index contributed by atoms with van der Waals surface area (Å²) in [6, 6.07) is 9.87. The number of rotatable bonds is 5. The number of pyridine rings is 1. The number of hydrogen-bond acceptors (Lipinski definition) is 3. The molecule has 1 aromatic heterocycles. The van der Waals surface area contributed by atoms with Crippen LogP contribution in [0.5, 0.6) is 0 Å². The van der Waals surface area contributed by atoms with E-state index in [4.69, 9.17) is 5.73 Å². The minimum Gasteiger partial charge on any atom is -0.365 e. The molecule has 3 N–H and O–H groups in total. The number of anilines is 1. The van der Waals surface area contributed by atoms with E-state index in [1.807, 2.05) is 24.3 Å². The van der Waals surface area contributed by atoms with E-state index in [-0.39, 0.29) is 12.4 Å². The lowest BCUT2D eigenvalue weighted by atomic mass is 10.1. The van der Waals surface area contributed by atoms with Crippen molar-refractivity contribution >= 4 is 5.82 Å². The zero-order valence-corrected chi connectivity index (χ0v) is 11.3. The lowest BCUT2D eigenvalue weighted by molar-refractivity contribution is -0.137. The van der Waals surface area contributed by atoms with E-state index >= 15 is 0 Å². The van der Waals surface area contributed by atoms with Crippen LogP contribution < -0.4 is 11.1 Å². The first-order valence-corrected chi connectivity index (χ1v) is 6.54. The number of halogens is 3. The van der Waals surface area contributed by atoms with Crippen LogP contribution in [0.4, 0.5) is 19.0 Å². The van der Waals surface area contributed by atoms with Crippen LogP contribution in [0.3, 0.4) is 0 Å². The van der Waals surface area contributed by atoms with Gasteiger partial charge < -0.3 is 11.1 Å². The molecule has 1 heterocycles. The zero-order chi connectivity index (χ0) is 15.3. The Labute approximate surface area is 121 Å². The molecule has 1 aromatic carbocycles. The molecule has 0 fully saturated rings. The Morgan fingerprint density at radius 2 is 1.71 bits per heavy atom. The second-order valence-electron chi connectivity index (χ2n) is 4.61. The molecule has 0 saturated carbocycles. The van der Waals surface area contributed by atoms with Gasteiger partial charge in [-0.25, -0.2) is 4.98 Å². The van der Waals surface area contributed by atoms with Crippen molar-refractivity contribution in [3.63, 3.8) is 0 Å². The maximum atomic E-state index is 12.8. The number of hydrogen-bond donors (Lipinski definition) is 2. The molecule has 6 heteroatoms. The second-order valence-corrected chi connectivity index (χ2v) is 4.61. The van der Waals surface area contributed by atoms with Crippen molar-refractivity contribution in [3.05, 3.63) is 59.3 Å². The third-order valence-electron chi connectivity index (χ3n) is 3.03. The smallest absolute Gasteiger partial charge is 0.365 e. The fourth-order valence-electron chi connectivity index (χ4n) is 1.95. The SMILES string of the molecule is NCCc1ccc(CNc2ncccc2C(F)(F)F)cc1. The molecule has 21 heavy (non-hydrogen) atoms. The quantitative estimate of drug-likeness (QED) is 0.890. The molecule has 0 atom stereocenters. The van der Waals surface area contributed by atoms with Gasteiger partial charge in [0.1, 0.15) is 5.82 Å². The van der Waals surface area contributed by atoms with Crippen LogP contribution in [-0.2, 0) is 19.1 Å². The molecule has 3 nitrogen and oxygen atoms in total. The van der Waals surface area contributed by atoms with Crippen molar-refractivity contribution in [1.82, 2.24) is 4.98 Å². The third-order valence-corrected chi connectivity index (χ3v) is 3.03. The van der Waals surface area contributed by atoms with Crippen molar-refractivity contribution in [3.8, 4) is 0 Å². The Morgan fingerprint density at radius 1 is 1.05 bits per heavy atom. The molecule has 0 radical (unpaired) electrons. The molecule has 2 aromatic rings. The van der Waals surface area contributed by atoms with E-state index in [2.05, 4.69) is 10.3 Å². The monoisotopic (exact) mass is 295 g/mol.